The Morgan fingerprint density at radius 2 is 2.00 bits per heavy atom. The lowest BCUT2D eigenvalue weighted by molar-refractivity contribution is 0.479. The molecular weight excluding hydrogens is 130 g/mol. The first kappa shape index (κ1) is 9.31. The summed E-state index contributed by atoms with van der Waals surface area (Å²) in [5.41, 5.74) is 5.45. The van der Waals surface area contributed by atoms with Crippen molar-refractivity contribution in [1.82, 2.24) is 0 Å². The molecule has 0 aliphatic carbocycles. The molecule has 0 aromatic heterocycles. The summed E-state index contributed by atoms with van der Waals surface area (Å²) in [5.74, 6) is 0.595. The number of thiol groups is 1. The molecule has 0 amide bonds. The third kappa shape index (κ3) is 6.19. The topological polar surface area (TPSA) is 26.0 Å². The molecule has 1 unspecified atom stereocenters. The summed E-state index contributed by atoms with van der Waals surface area (Å²) in [4.78, 5) is 0. The van der Waals surface area contributed by atoms with E-state index in [0.29, 0.717) is 5.92 Å². The molecule has 1 nitrogen and oxygen atoms in total. The van der Waals surface area contributed by atoms with Gasteiger partial charge < -0.3 is 5.73 Å². The largest absolute Gasteiger partial charge is 0.330 e. The fourth-order valence-corrected chi connectivity index (χ4v) is 1.25. The standard InChI is InChI=1S/C7H17NS/c1-6(5-8)4-7(2,3)9/h6,9H,4-5,8H2,1-3H3. The van der Waals surface area contributed by atoms with E-state index in [9.17, 15) is 0 Å². The van der Waals surface area contributed by atoms with Gasteiger partial charge in [0.2, 0.25) is 0 Å². The molecule has 0 radical (unpaired) electrons. The Morgan fingerprint density at radius 1 is 1.56 bits per heavy atom. The molecule has 0 saturated heterocycles. The second-order valence-electron chi connectivity index (χ2n) is 3.36. The van der Waals surface area contributed by atoms with E-state index in [1.165, 1.54) is 0 Å². The molecular formula is C7H17NS. The lowest BCUT2D eigenvalue weighted by atomic mass is 9.98. The Morgan fingerprint density at radius 3 is 2.11 bits per heavy atom. The van der Waals surface area contributed by atoms with Crippen molar-refractivity contribution >= 4 is 12.6 Å². The van der Waals surface area contributed by atoms with Gasteiger partial charge in [0, 0.05) is 4.75 Å². The normalized spacial score (nSPS) is 15.7. The first-order valence-corrected chi connectivity index (χ1v) is 3.83. The van der Waals surface area contributed by atoms with Crippen LogP contribution in [0.4, 0.5) is 0 Å². The van der Waals surface area contributed by atoms with Gasteiger partial charge in [-0.1, -0.05) is 20.8 Å². The zero-order chi connectivity index (χ0) is 7.49. The van der Waals surface area contributed by atoms with Gasteiger partial charge in [-0.25, -0.2) is 0 Å². The molecule has 56 valence electrons. The van der Waals surface area contributed by atoms with Crippen molar-refractivity contribution in [3.63, 3.8) is 0 Å². The summed E-state index contributed by atoms with van der Waals surface area (Å²) in [6, 6.07) is 0. The Labute approximate surface area is 63.4 Å². The summed E-state index contributed by atoms with van der Waals surface area (Å²) in [5, 5.41) is 0. The highest BCUT2D eigenvalue weighted by atomic mass is 32.1. The zero-order valence-corrected chi connectivity index (χ0v) is 7.41. The highest BCUT2D eigenvalue weighted by molar-refractivity contribution is 7.81. The van der Waals surface area contributed by atoms with Crippen LogP contribution in [0.25, 0.3) is 0 Å². The summed E-state index contributed by atoms with van der Waals surface area (Å²) in [6.45, 7) is 7.15. The average Bonchev–Trinajstić information content (AvgIpc) is 1.62. The van der Waals surface area contributed by atoms with E-state index < -0.39 is 0 Å². The van der Waals surface area contributed by atoms with Crippen molar-refractivity contribution < 1.29 is 0 Å². The summed E-state index contributed by atoms with van der Waals surface area (Å²) < 4.78 is 0.138. The molecule has 2 N–H and O–H groups in total. The van der Waals surface area contributed by atoms with Gasteiger partial charge in [-0.2, -0.15) is 12.6 Å². The molecule has 0 aromatic rings. The van der Waals surface area contributed by atoms with Crippen molar-refractivity contribution in [3.05, 3.63) is 0 Å². The van der Waals surface area contributed by atoms with Crippen molar-refractivity contribution in [2.75, 3.05) is 6.54 Å². The van der Waals surface area contributed by atoms with Gasteiger partial charge in [0.25, 0.3) is 0 Å². The molecule has 0 fully saturated rings. The van der Waals surface area contributed by atoms with Crippen LogP contribution < -0.4 is 5.73 Å². The molecule has 1 atom stereocenters. The molecule has 0 aliphatic rings. The first-order valence-electron chi connectivity index (χ1n) is 3.38. The van der Waals surface area contributed by atoms with E-state index in [2.05, 4.69) is 33.4 Å². The lowest BCUT2D eigenvalue weighted by Gasteiger charge is -2.20. The molecule has 0 bridgehead atoms. The number of nitrogens with two attached hydrogens (primary N) is 1. The molecule has 0 heterocycles. The van der Waals surface area contributed by atoms with E-state index in [1.807, 2.05) is 0 Å². The average molecular weight is 147 g/mol. The van der Waals surface area contributed by atoms with Crippen LogP contribution in [-0.4, -0.2) is 11.3 Å². The maximum atomic E-state index is 5.45. The third-order valence-electron chi connectivity index (χ3n) is 1.25. The highest BCUT2D eigenvalue weighted by Gasteiger charge is 2.14. The lowest BCUT2D eigenvalue weighted by Crippen LogP contribution is -2.20. The molecule has 0 rings (SSSR count). The second-order valence-corrected chi connectivity index (χ2v) is 4.57. The number of hydrogen-bond acceptors (Lipinski definition) is 2. The monoisotopic (exact) mass is 147 g/mol. The Balaban J connectivity index is 3.47. The van der Waals surface area contributed by atoms with Crippen LogP contribution in [0.3, 0.4) is 0 Å². The molecule has 0 spiro atoms. The van der Waals surface area contributed by atoms with Crippen LogP contribution in [0.5, 0.6) is 0 Å². The van der Waals surface area contributed by atoms with E-state index in [1.54, 1.807) is 0 Å². The molecule has 0 saturated carbocycles. The number of rotatable bonds is 3. The Bertz CT molecular complexity index is 75.5. The van der Waals surface area contributed by atoms with Crippen LogP contribution in [0.1, 0.15) is 27.2 Å². The van der Waals surface area contributed by atoms with E-state index >= 15 is 0 Å². The van der Waals surface area contributed by atoms with Gasteiger partial charge in [0.1, 0.15) is 0 Å². The molecule has 0 aromatic carbocycles. The van der Waals surface area contributed by atoms with E-state index in [-0.39, 0.29) is 4.75 Å². The van der Waals surface area contributed by atoms with Crippen molar-refractivity contribution in [1.29, 1.82) is 0 Å². The van der Waals surface area contributed by atoms with Crippen molar-refractivity contribution in [2.45, 2.75) is 31.9 Å². The van der Waals surface area contributed by atoms with Gasteiger partial charge in [-0.15, -0.1) is 0 Å². The van der Waals surface area contributed by atoms with Crippen LogP contribution in [0.15, 0.2) is 0 Å². The van der Waals surface area contributed by atoms with Gasteiger partial charge >= 0.3 is 0 Å². The van der Waals surface area contributed by atoms with Gasteiger partial charge in [-0.05, 0) is 18.9 Å². The molecule has 9 heavy (non-hydrogen) atoms. The van der Waals surface area contributed by atoms with Gasteiger partial charge in [0.15, 0.2) is 0 Å². The number of hydrogen-bond donors (Lipinski definition) is 2. The first-order chi connectivity index (χ1) is 3.95. The van der Waals surface area contributed by atoms with Crippen LogP contribution in [-0.2, 0) is 0 Å². The summed E-state index contributed by atoms with van der Waals surface area (Å²) in [7, 11) is 0. The minimum atomic E-state index is 0.138. The van der Waals surface area contributed by atoms with Crippen LogP contribution in [0, 0.1) is 5.92 Å². The van der Waals surface area contributed by atoms with Crippen LogP contribution >= 0.6 is 12.6 Å². The Kier molecular flexibility index (Phi) is 3.59. The zero-order valence-electron chi connectivity index (χ0n) is 6.52. The predicted molar refractivity (Wildman–Crippen MR) is 45.9 cm³/mol. The quantitative estimate of drug-likeness (QED) is 0.584. The minimum Gasteiger partial charge on any atom is -0.330 e. The van der Waals surface area contributed by atoms with Gasteiger partial charge in [-0.3, -0.25) is 0 Å². The maximum Gasteiger partial charge on any atom is 0.00761 e. The predicted octanol–water partition coefficient (Wildman–Crippen LogP) is 1.68. The summed E-state index contributed by atoms with van der Waals surface area (Å²) in [6.07, 6.45) is 1.09. The van der Waals surface area contributed by atoms with Crippen molar-refractivity contribution in [3.8, 4) is 0 Å². The fourth-order valence-electron chi connectivity index (χ4n) is 0.936. The SMILES string of the molecule is CC(CN)CC(C)(C)S. The fraction of sp³-hybridized carbons (Fsp3) is 1.00. The second kappa shape index (κ2) is 3.47. The third-order valence-corrected chi connectivity index (χ3v) is 1.43. The van der Waals surface area contributed by atoms with Crippen molar-refractivity contribution in [2.24, 2.45) is 11.7 Å². The minimum absolute atomic E-state index is 0.138. The summed E-state index contributed by atoms with van der Waals surface area (Å²) >= 11 is 4.39. The smallest absolute Gasteiger partial charge is 0.00761 e. The van der Waals surface area contributed by atoms with E-state index in [0.717, 1.165) is 13.0 Å². The highest BCUT2D eigenvalue weighted by Crippen LogP contribution is 2.21. The maximum absolute atomic E-state index is 5.45. The van der Waals surface area contributed by atoms with Gasteiger partial charge in [0.05, 0.1) is 0 Å². The Hall–Kier alpha value is 0.310. The van der Waals surface area contributed by atoms with Crippen LogP contribution in [0.2, 0.25) is 0 Å². The molecule has 0 aliphatic heterocycles. The molecule has 2 heteroatoms. The van der Waals surface area contributed by atoms with E-state index in [4.69, 9.17) is 5.73 Å².